The van der Waals surface area contributed by atoms with Crippen molar-refractivity contribution in [3.05, 3.63) is 24.3 Å². The van der Waals surface area contributed by atoms with Gasteiger partial charge in [-0.25, -0.2) is 0 Å². The topological polar surface area (TPSA) is 115 Å². The molecule has 0 spiro atoms. The molecule has 1 aromatic rings. The minimum absolute atomic E-state index is 0.0880. The molecule has 0 aliphatic carbocycles. The molecule has 0 amide bonds. The van der Waals surface area contributed by atoms with Crippen molar-refractivity contribution in [2.45, 2.75) is 6.42 Å². The quantitative estimate of drug-likeness (QED) is 0.537. The van der Waals surface area contributed by atoms with Gasteiger partial charge in [0.05, 0.1) is 0 Å². The van der Waals surface area contributed by atoms with E-state index in [9.17, 15) is 9.59 Å². The van der Waals surface area contributed by atoms with E-state index >= 15 is 0 Å². The van der Waals surface area contributed by atoms with Crippen LogP contribution < -0.4 is 0 Å². The van der Waals surface area contributed by atoms with Gasteiger partial charge in [-0.15, -0.1) is 0 Å². The maximum atomic E-state index is 9.43. The molecule has 0 heterocycles. The molecular formula is C9H10O6. The van der Waals surface area contributed by atoms with Crippen molar-refractivity contribution in [3.8, 4) is 11.5 Å². The molecule has 0 aliphatic heterocycles. The molecule has 0 unspecified atom stereocenters. The molecule has 82 valence electrons. The second-order valence-corrected chi connectivity index (χ2v) is 2.48. The molecule has 0 saturated carbocycles. The minimum Gasteiger partial charge on any atom is -0.508 e. The molecule has 4 N–H and O–H groups in total. The van der Waals surface area contributed by atoms with Gasteiger partial charge in [0, 0.05) is 6.07 Å². The zero-order valence-electron chi connectivity index (χ0n) is 7.62. The highest BCUT2D eigenvalue weighted by molar-refractivity contribution is 5.88. The van der Waals surface area contributed by atoms with E-state index in [0.29, 0.717) is 0 Å². The number of phenols is 2. The lowest BCUT2D eigenvalue weighted by Crippen LogP contribution is -2.03. The molecule has 0 atom stereocenters. The summed E-state index contributed by atoms with van der Waals surface area (Å²) in [6, 6.07) is 5.85. The highest BCUT2D eigenvalue weighted by Crippen LogP contribution is 2.14. The fourth-order valence-electron chi connectivity index (χ4n) is 0.622. The Morgan fingerprint density at radius 3 is 1.53 bits per heavy atom. The first-order valence-electron chi connectivity index (χ1n) is 3.83. The van der Waals surface area contributed by atoms with Crippen molar-refractivity contribution in [1.29, 1.82) is 0 Å². The van der Waals surface area contributed by atoms with Crippen molar-refractivity contribution in [2.75, 3.05) is 0 Å². The Morgan fingerprint density at radius 2 is 1.40 bits per heavy atom. The first-order valence-corrected chi connectivity index (χ1v) is 3.83. The van der Waals surface area contributed by atoms with Crippen molar-refractivity contribution in [3.63, 3.8) is 0 Å². The van der Waals surface area contributed by atoms with Crippen LogP contribution in [-0.2, 0) is 9.59 Å². The second kappa shape index (κ2) is 6.25. The standard InChI is InChI=1S/C6H6O2.C3H4O4/c7-5-2-1-3-6(8)4-5;4-2(5)1-3(6)7/h1-4,7-8H;1H2,(H,4,5)(H,6,7). The van der Waals surface area contributed by atoms with E-state index in [-0.39, 0.29) is 11.5 Å². The van der Waals surface area contributed by atoms with Crippen LogP contribution in [0.1, 0.15) is 6.42 Å². The van der Waals surface area contributed by atoms with Crippen LogP contribution in [0.25, 0.3) is 0 Å². The van der Waals surface area contributed by atoms with Crippen LogP contribution in [0.5, 0.6) is 11.5 Å². The van der Waals surface area contributed by atoms with Crippen molar-refractivity contribution in [2.24, 2.45) is 0 Å². The maximum absolute atomic E-state index is 9.43. The third kappa shape index (κ3) is 8.10. The first-order chi connectivity index (χ1) is 6.91. The average Bonchev–Trinajstić information content (AvgIpc) is 2.01. The van der Waals surface area contributed by atoms with E-state index in [1.807, 2.05) is 0 Å². The summed E-state index contributed by atoms with van der Waals surface area (Å²) in [4.78, 5) is 18.9. The summed E-state index contributed by atoms with van der Waals surface area (Å²) in [5, 5.41) is 32.7. The summed E-state index contributed by atoms with van der Waals surface area (Å²) in [7, 11) is 0. The fraction of sp³-hybridized carbons (Fsp3) is 0.111. The van der Waals surface area contributed by atoms with E-state index in [1.165, 1.54) is 18.2 Å². The van der Waals surface area contributed by atoms with Crippen LogP contribution in [0.3, 0.4) is 0 Å². The zero-order chi connectivity index (χ0) is 11.8. The number of carbonyl (C=O) groups is 2. The fourth-order valence-corrected chi connectivity index (χ4v) is 0.622. The van der Waals surface area contributed by atoms with E-state index in [1.54, 1.807) is 6.07 Å². The number of phenolic OH excluding ortho intramolecular Hbond substituents is 2. The molecule has 0 aromatic heterocycles. The molecular weight excluding hydrogens is 204 g/mol. The molecule has 6 nitrogen and oxygen atoms in total. The molecule has 1 aromatic carbocycles. The summed E-state index contributed by atoms with van der Waals surface area (Å²) in [6.45, 7) is 0. The first kappa shape index (κ1) is 12.8. The van der Waals surface area contributed by atoms with Gasteiger partial charge in [0.25, 0.3) is 0 Å². The molecule has 6 heteroatoms. The van der Waals surface area contributed by atoms with E-state index < -0.39 is 18.4 Å². The molecule has 15 heavy (non-hydrogen) atoms. The summed E-state index contributed by atoms with van der Waals surface area (Å²) in [6.07, 6.45) is -0.806. The molecule has 0 fully saturated rings. The van der Waals surface area contributed by atoms with Crippen LogP contribution in [-0.4, -0.2) is 32.4 Å². The van der Waals surface area contributed by atoms with E-state index in [0.717, 1.165) is 0 Å². The van der Waals surface area contributed by atoms with Gasteiger partial charge in [0.15, 0.2) is 0 Å². The predicted molar refractivity (Wildman–Crippen MR) is 49.7 cm³/mol. The lowest BCUT2D eigenvalue weighted by atomic mass is 10.3. The average molecular weight is 214 g/mol. The van der Waals surface area contributed by atoms with Gasteiger partial charge < -0.3 is 20.4 Å². The number of rotatable bonds is 2. The van der Waals surface area contributed by atoms with Crippen LogP contribution >= 0.6 is 0 Å². The number of benzene rings is 1. The summed E-state index contributed by atoms with van der Waals surface area (Å²) >= 11 is 0. The largest absolute Gasteiger partial charge is 0.508 e. The predicted octanol–water partition coefficient (Wildman–Crippen LogP) is 0.643. The number of hydrogen-bond acceptors (Lipinski definition) is 4. The Labute approximate surface area is 85.0 Å². The van der Waals surface area contributed by atoms with Gasteiger partial charge in [-0.05, 0) is 12.1 Å². The SMILES string of the molecule is O=C(O)CC(=O)O.Oc1cccc(O)c1. The van der Waals surface area contributed by atoms with Gasteiger partial charge >= 0.3 is 11.9 Å². The highest BCUT2D eigenvalue weighted by Gasteiger charge is 2.01. The van der Waals surface area contributed by atoms with Crippen LogP contribution in [0.15, 0.2) is 24.3 Å². The van der Waals surface area contributed by atoms with Crippen LogP contribution in [0.4, 0.5) is 0 Å². The third-order valence-corrected chi connectivity index (χ3v) is 1.13. The molecule has 0 saturated heterocycles. The van der Waals surface area contributed by atoms with Crippen molar-refractivity contribution >= 4 is 11.9 Å². The molecule has 0 radical (unpaired) electrons. The zero-order valence-corrected chi connectivity index (χ0v) is 7.62. The molecule has 1 rings (SSSR count). The Balaban J connectivity index is 0.000000265. The lowest BCUT2D eigenvalue weighted by Gasteiger charge is -1.89. The Bertz CT molecular complexity index is 317. The summed E-state index contributed by atoms with van der Waals surface area (Å²) in [5.41, 5.74) is 0. The van der Waals surface area contributed by atoms with Crippen molar-refractivity contribution in [1.82, 2.24) is 0 Å². The number of aromatic hydroxyl groups is 2. The third-order valence-electron chi connectivity index (χ3n) is 1.13. The normalized spacial score (nSPS) is 8.53. The van der Waals surface area contributed by atoms with Gasteiger partial charge in [0.1, 0.15) is 17.9 Å². The maximum Gasteiger partial charge on any atom is 0.314 e. The Morgan fingerprint density at radius 1 is 1.00 bits per heavy atom. The number of aliphatic carboxylic acids is 2. The summed E-state index contributed by atoms with van der Waals surface area (Å²) < 4.78 is 0. The van der Waals surface area contributed by atoms with Crippen molar-refractivity contribution < 1.29 is 30.0 Å². The number of carboxylic acids is 2. The van der Waals surface area contributed by atoms with E-state index in [4.69, 9.17) is 20.4 Å². The highest BCUT2D eigenvalue weighted by atomic mass is 16.4. The molecule has 0 bridgehead atoms. The Hall–Kier alpha value is -2.24. The van der Waals surface area contributed by atoms with Gasteiger partial charge in [-0.1, -0.05) is 6.07 Å². The Kier molecular flexibility index (Phi) is 5.32. The van der Waals surface area contributed by atoms with Gasteiger partial charge in [-0.2, -0.15) is 0 Å². The van der Waals surface area contributed by atoms with Gasteiger partial charge in [-0.3, -0.25) is 9.59 Å². The lowest BCUT2D eigenvalue weighted by molar-refractivity contribution is -0.147. The second-order valence-electron chi connectivity index (χ2n) is 2.48. The van der Waals surface area contributed by atoms with E-state index in [2.05, 4.69) is 0 Å². The number of hydrogen-bond donors (Lipinski definition) is 4. The van der Waals surface area contributed by atoms with Gasteiger partial charge in [0.2, 0.25) is 0 Å². The molecule has 0 aliphatic rings. The number of carboxylic acid groups (broad SMARTS) is 2. The smallest absolute Gasteiger partial charge is 0.314 e. The monoisotopic (exact) mass is 214 g/mol. The van der Waals surface area contributed by atoms with Crippen LogP contribution in [0.2, 0.25) is 0 Å². The minimum atomic E-state index is -1.31. The van der Waals surface area contributed by atoms with Crippen LogP contribution in [0, 0.1) is 0 Å². The summed E-state index contributed by atoms with van der Waals surface area (Å²) in [5.74, 6) is -2.45.